The summed E-state index contributed by atoms with van der Waals surface area (Å²) in [6.07, 6.45) is -2.81. The van der Waals surface area contributed by atoms with Crippen LogP contribution in [-0.2, 0) is 4.74 Å². The molecule has 1 aliphatic heterocycles. The third-order valence-electron chi connectivity index (χ3n) is 5.14. The Balaban J connectivity index is 0.00000324. The first-order valence-corrected chi connectivity index (χ1v) is 12.3. The van der Waals surface area contributed by atoms with Crippen LogP contribution in [0.25, 0.3) is 10.2 Å². The number of rotatable bonds is 7. The third-order valence-corrected chi connectivity index (χ3v) is 6.92. The number of amides is 1. The molecule has 0 N–H and O–H groups in total. The van der Waals surface area contributed by atoms with Crippen molar-refractivity contribution in [2.75, 3.05) is 50.5 Å². The van der Waals surface area contributed by atoms with Crippen LogP contribution >= 0.6 is 35.5 Å². The summed E-state index contributed by atoms with van der Waals surface area (Å²) in [6.45, 7) is 3.89. The topological polar surface area (TPSA) is 54.9 Å². The lowest BCUT2D eigenvalue weighted by molar-refractivity contribution is -0.274. The maximum Gasteiger partial charge on any atom is 0.573 e. The lowest BCUT2D eigenvalue weighted by atomic mass is 10.2. The number of hydrogen-bond acceptors (Lipinski definition) is 7. The Hall–Kier alpha value is -2.05. The van der Waals surface area contributed by atoms with Crippen molar-refractivity contribution in [3.63, 3.8) is 0 Å². The van der Waals surface area contributed by atoms with Gasteiger partial charge in [0.1, 0.15) is 5.75 Å². The van der Waals surface area contributed by atoms with Gasteiger partial charge in [0.15, 0.2) is 5.13 Å². The Morgan fingerprint density at radius 2 is 1.91 bits per heavy atom. The van der Waals surface area contributed by atoms with Crippen molar-refractivity contribution >= 4 is 56.8 Å². The molecule has 6 nitrogen and oxygen atoms in total. The van der Waals surface area contributed by atoms with E-state index < -0.39 is 6.36 Å². The van der Waals surface area contributed by atoms with Gasteiger partial charge in [-0.15, -0.1) is 37.3 Å². The number of morpholine rings is 1. The molecule has 0 radical (unpaired) electrons. The fourth-order valence-electron chi connectivity index (χ4n) is 3.45. The molecule has 4 rings (SSSR count). The molecule has 1 saturated heterocycles. The van der Waals surface area contributed by atoms with Crippen molar-refractivity contribution in [2.45, 2.75) is 11.3 Å². The van der Waals surface area contributed by atoms with E-state index in [4.69, 9.17) is 4.74 Å². The lowest BCUT2D eigenvalue weighted by Crippen LogP contribution is -2.43. The molecule has 3 aromatic rings. The van der Waals surface area contributed by atoms with Crippen LogP contribution in [0.3, 0.4) is 0 Å². The predicted octanol–water partition coefficient (Wildman–Crippen LogP) is 5.32. The van der Waals surface area contributed by atoms with Crippen LogP contribution < -0.4 is 9.64 Å². The molecule has 0 saturated carbocycles. The second kappa shape index (κ2) is 11.6. The van der Waals surface area contributed by atoms with Crippen molar-refractivity contribution in [3.8, 4) is 5.75 Å². The summed E-state index contributed by atoms with van der Waals surface area (Å²) < 4.78 is 47.7. The number of thioether (sulfide) groups is 1. The quantitative estimate of drug-likeness (QED) is 0.383. The van der Waals surface area contributed by atoms with Gasteiger partial charge in [0.2, 0.25) is 0 Å². The van der Waals surface area contributed by atoms with Gasteiger partial charge in [-0.1, -0.05) is 11.3 Å². The summed E-state index contributed by atoms with van der Waals surface area (Å²) in [7, 11) is 0. The van der Waals surface area contributed by atoms with Crippen molar-refractivity contribution in [3.05, 3.63) is 48.0 Å². The molecule has 0 unspecified atom stereocenters. The summed E-state index contributed by atoms with van der Waals surface area (Å²) in [6, 6.07) is 11.3. The minimum Gasteiger partial charge on any atom is -0.406 e. The molecule has 0 spiro atoms. The number of benzene rings is 2. The largest absolute Gasteiger partial charge is 0.573 e. The fourth-order valence-corrected chi connectivity index (χ4v) is 4.87. The van der Waals surface area contributed by atoms with Crippen LogP contribution in [0.4, 0.5) is 18.3 Å². The van der Waals surface area contributed by atoms with Crippen LogP contribution in [0.15, 0.2) is 47.4 Å². The maximum absolute atomic E-state index is 13.4. The van der Waals surface area contributed by atoms with Crippen molar-refractivity contribution in [1.82, 2.24) is 9.88 Å². The van der Waals surface area contributed by atoms with Crippen molar-refractivity contribution in [2.24, 2.45) is 0 Å². The summed E-state index contributed by atoms with van der Waals surface area (Å²) in [5.41, 5.74) is 1.03. The summed E-state index contributed by atoms with van der Waals surface area (Å²) in [5.74, 6) is -0.522. The van der Waals surface area contributed by atoms with E-state index >= 15 is 0 Å². The molecule has 34 heavy (non-hydrogen) atoms. The van der Waals surface area contributed by atoms with E-state index in [1.54, 1.807) is 28.8 Å². The smallest absolute Gasteiger partial charge is 0.406 e. The third kappa shape index (κ3) is 6.76. The van der Waals surface area contributed by atoms with E-state index in [9.17, 15) is 18.0 Å². The molecule has 0 bridgehead atoms. The SMILES string of the molecule is CSc1ccc(C(=O)N(CCN2CCOCC2)c2nc3ccc(OC(F)(F)F)cc3s2)cc1.Cl. The highest BCUT2D eigenvalue weighted by atomic mass is 35.5. The van der Waals surface area contributed by atoms with E-state index in [1.807, 2.05) is 18.4 Å². The van der Waals surface area contributed by atoms with Crippen LogP contribution in [0.2, 0.25) is 0 Å². The van der Waals surface area contributed by atoms with Crippen molar-refractivity contribution in [1.29, 1.82) is 0 Å². The molecule has 2 aromatic carbocycles. The lowest BCUT2D eigenvalue weighted by Gasteiger charge is -2.29. The van der Waals surface area contributed by atoms with Crippen molar-refractivity contribution < 1.29 is 27.4 Å². The standard InChI is InChI=1S/C22H22F3N3O3S2.ClH/c1-32-17-5-2-15(3-6-17)20(29)28(9-8-27-10-12-30-13-11-27)21-26-18-7-4-16(14-19(18)33-21)31-22(23,24)25;/h2-7,14H,8-13H2,1H3;1H. The van der Waals surface area contributed by atoms with E-state index in [2.05, 4.69) is 14.6 Å². The molecule has 1 amide bonds. The number of hydrogen-bond donors (Lipinski definition) is 0. The first-order chi connectivity index (χ1) is 15.8. The molecule has 0 aliphatic carbocycles. The van der Waals surface area contributed by atoms with Crippen LogP contribution in [0.1, 0.15) is 10.4 Å². The highest BCUT2D eigenvalue weighted by molar-refractivity contribution is 7.98. The van der Waals surface area contributed by atoms with Crippen LogP contribution in [0, 0.1) is 0 Å². The van der Waals surface area contributed by atoms with Gasteiger partial charge < -0.3 is 9.47 Å². The van der Waals surface area contributed by atoms with Gasteiger partial charge in [-0.05, 0) is 42.7 Å². The summed E-state index contributed by atoms with van der Waals surface area (Å²) in [5, 5.41) is 0.432. The molecule has 1 aliphatic rings. The molecule has 184 valence electrons. The minimum atomic E-state index is -4.77. The van der Waals surface area contributed by atoms with Gasteiger partial charge in [-0.25, -0.2) is 4.98 Å². The number of alkyl halides is 3. The second-order valence-electron chi connectivity index (χ2n) is 7.31. The molecule has 0 atom stereocenters. The Bertz CT molecular complexity index is 1110. The monoisotopic (exact) mass is 533 g/mol. The fraction of sp³-hybridized carbons (Fsp3) is 0.364. The normalized spacial score (nSPS) is 14.6. The number of anilines is 1. The zero-order chi connectivity index (χ0) is 23.4. The highest BCUT2D eigenvalue weighted by Crippen LogP contribution is 2.34. The predicted molar refractivity (Wildman–Crippen MR) is 131 cm³/mol. The Labute approximate surface area is 209 Å². The molecule has 1 aromatic heterocycles. The van der Waals surface area contributed by atoms with Gasteiger partial charge in [0.05, 0.1) is 23.4 Å². The summed E-state index contributed by atoms with van der Waals surface area (Å²) >= 11 is 2.75. The summed E-state index contributed by atoms with van der Waals surface area (Å²) in [4.78, 5) is 22.8. The zero-order valence-corrected chi connectivity index (χ0v) is 20.7. The molecule has 12 heteroatoms. The minimum absolute atomic E-state index is 0. The number of fused-ring (bicyclic) bond motifs is 1. The van der Waals surface area contributed by atoms with Gasteiger partial charge in [-0.2, -0.15) is 0 Å². The average molecular weight is 534 g/mol. The van der Waals surface area contributed by atoms with Gasteiger partial charge >= 0.3 is 6.36 Å². The van der Waals surface area contributed by atoms with E-state index in [-0.39, 0.29) is 24.1 Å². The average Bonchev–Trinajstić information content (AvgIpc) is 3.21. The maximum atomic E-state index is 13.4. The first kappa shape index (κ1) is 26.6. The van der Waals surface area contributed by atoms with E-state index in [0.717, 1.165) is 29.3 Å². The van der Waals surface area contributed by atoms with Gasteiger partial charge in [0.25, 0.3) is 5.91 Å². The number of nitrogens with zero attached hydrogens (tertiary/aromatic N) is 3. The Kier molecular flexibility index (Phi) is 9.05. The Morgan fingerprint density at radius 3 is 2.56 bits per heavy atom. The molecule has 1 fully saturated rings. The molecular formula is C22H23ClF3N3O3S2. The number of thiazole rings is 1. The van der Waals surface area contributed by atoms with Crippen LogP contribution in [0.5, 0.6) is 5.75 Å². The van der Waals surface area contributed by atoms with Crippen LogP contribution in [-0.4, -0.2) is 67.8 Å². The van der Waals surface area contributed by atoms with E-state index in [0.29, 0.717) is 47.2 Å². The number of carbonyl (C=O) groups excluding carboxylic acids is 1. The molecular weight excluding hydrogens is 511 g/mol. The number of carbonyl (C=O) groups is 1. The van der Waals surface area contributed by atoms with Gasteiger partial charge in [-0.3, -0.25) is 14.6 Å². The number of aromatic nitrogens is 1. The zero-order valence-electron chi connectivity index (χ0n) is 18.2. The Morgan fingerprint density at radius 1 is 1.21 bits per heavy atom. The van der Waals surface area contributed by atoms with Gasteiger partial charge in [0, 0.05) is 42.7 Å². The highest BCUT2D eigenvalue weighted by Gasteiger charge is 2.31. The number of halogens is 4. The van der Waals surface area contributed by atoms with E-state index in [1.165, 1.54) is 18.2 Å². The number of ether oxygens (including phenoxy) is 2. The molecule has 2 heterocycles. The first-order valence-electron chi connectivity index (χ1n) is 10.2. The second-order valence-corrected chi connectivity index (χ2v) is 9.20.